The zero-order valence-corrected chi connectivity index (χ0v) is 16.6. The summed E-state index contributed by atoms with van der Waals surface area (Å²) >= 11 is 0. The fraction of sp³-hybridized carbons (Fsp3) is 0.400. The fourth-order valence-corrected chi connectivity index (χ4v) is 3.03. The molecule has 1 saturated heterocycles. The highest BCUT2D eigenvalue weighted by molar-refractivity contribution is 5.93. The number of hydrogen-bond acceptors (Lipinski definition) is 7. The van der Waals surface area contributed by atoms with Gasteiger partial charge in [0, 0.05) is 50.7 Å². The Morgan fingerprint density at radius 2 is 1.79 bits per heavy atom. The van der Waals surface area contributed by atoms with Gasteiger partial charge in [0.15, 0.2) is 0 Å². The molecule has 2 amide bonds. The van der Waals surface area contributed by atoms with Crippen LogP contribution in [0.5, 0.6) is 5.75 Å². The minimum absolute atomic E-state index is 0.255. The van der Waals surface area contributed by atoms with Crippen molar-refractivity contribution in [3.8, 4) is 5.75 Å². The van der Waals surface area contributed by atoms with Crippen LogP contribution >= 0.6 is 0 Å². The molecule has 1 aliphatic heterocycles. The van der Waals surface area contributed by atoms with Gasteiger partial charge in [-0.3, -0.25) is 4.79 Å². The Balaban J connectivity index is 1.53. The van der Waals surface area contributed by atoms with Gasteiger partial charge in [0.25, 0.3) is 5.91 Å². The van der Waals surface area contributed by atoms with Gasteiger partial charge in [0.1, 0.15) is 5.75 Å². The van der Waals surface area contributed by atoms with Crippen LogP contribution in [0.2, 0.25) is 0 Å². The number of nitrogens with one attached hydrogen (secondary N) is 1. The second-order valence-electron chi connectivity index (χ2n) is 6.44. The number of ether oxygens (including phenoxy) is 2. The molecule has 9 nitrogen and oxygen atoms in total. The highest BCUT2D eigenvalue weighted by Gasteiger charge is 2.23. The van der Waals surface area contributed by atoms with Gasteiger partial charge in [0.05, 0.1) is 19.3 Å². The van der Waals surface area contributed by atoms with Gasteiger partial charge < -0.3 is 24.6 Å². The van der Waals surface area contributed by atoms with E-state index in [1.807, 2.05) is 29.2 Å². The molecule has 154 valence electrons. The van der Waals surface area contributed by atoms with Crippen LogP contribution in [0, 0.1) is 0 Å². The number of aromatic nitrogens is 2. The minimum Gasteiger partial charge on any atom is -0.496 e. The van der Waals surface area contributed by atoms with Crippen molar-refractivity contribution < 1.29 is 19.1 Å². The molecule has 1 N–H and O–H groups in total. The first-order valence-corrected chi connectivity index (χ1v) is 9.51. The molecule has 0 saturated carbocycles. The zero-order valence-electron chi connectivity index (χ0n) is 16.6. The van der Waals surface area contributed by atoms with Gasteiger partial charge in [0.2, 0.25) is 5.95 Å². The van der Waals surface area contributed by atoms with Gasteiger partial charge >= 0.3 is 6.09 Å². The summed E-state index contributed by atoms with van der Waals surface area (Å²) in [5.41, 5.74) is 1.27. The molecule has 1 aromatic carbocycles. The number of anilines is 1. The van der Waals surface area contributed by atoms with E-state index in [2.05, 4.69) is 15.3 Å². The van der Waals surface area contributed by atoms with Crippen molar-refractivity contribution in [3.05, 3.63) is 47.8 Å². The van der Waals surface area contributed by atoms with E-state index < -0.39 is 0 Å². The Kier molecular flexibility index (Phi) is 6.83. The summed E-state index contributed by atoms with van der Waals surface area (Å²) in [4.78, 5) is 36.4. The number of carbonyl (C=O) groups excluding carboxylic acids is 2. The number of hydrogen-bond donors (Lipinski definition) is 1. The molecule has 0 aliphatic carbocycles. The molecular weight excluding hydrogens is 374 g/mol. The summed E-state index contributed by atoms with van der Waals surface area (Å²) < 4.78 is 10.3. The summed E-state index contributed by atoms with van der Waals surface area (Å²) in [5, 5.41) is 2.85. The van der Waals surface area contributed by atoms with Crippen molar-refractivity contribution in [3.63, 3.8) is 0 Å². The minimum atomic E-state index is -0.296. The number of benzene rings is 1. The molecule has 2 aromatic rings. The van der Waals surface area contributed by atoms with E-state index >= 15 is 0 Å². The third kappa shape index (κ3) is 5.13. The average molecular weight is 399 g/mol. The maximum absolute atomic E-state index is 12.4. The van der Waals surface area contributed by atoms with Crippen molar-refractivity contribution in [2.24, 2.45) is 0 Å². The molecule has 1 fully saturated rings. The van der Waals surface area contributed by atoms with Crippen molar-refractivity contribution in [1.82, 2.24) is 20.2 Å². The molecule has 0 spiro atoms. The second kappa shape index (κ2) is 9.72. The maximum atomic E-state index is 12.4. The molecule has 0 radical (unpaired) electrons. The SMILES string of the molecule is CCOC(=O)N1CCN(c2ncc(C(=O)NCc3ccccc3OC)cn2)CC1. The van der Waals surface area contributed by atoms with Crippen LogP contribution in [-0.4, -0.2) is 66.8 Å². The highest BCUT2D eigenvalue weighted by Crippen LogP contribution is 2.17. The van der Waals surface area contributed by atoms with Crippen molar-refractivity contribution in [2.45, 2.75) is 13.5 Å². The molecule has 2 heterocycles. The monoisotopic (exact) mass is 399 g/mol. The lowest BCUT2D eigenvalue weighted by Crippen LogP contribution is -2.49. The van der Waals surface area contributed by atoms with E-state index in [0.717, 1.165) is 11.3 Å². The number of amides is 2. The van der Waals surface area contributed by atoms with Crippen LogP contribution in [-0.2, 0) is 11.3 Å². The smallest absolute Gasteiger partial charge is 0.409 e. The summed E-state index contributed by atoms with van der Waals surface area (Å²) in [7, 11) is 1.60. The van der Waals surface area contributed by atoms with Gasteiger partial charge in [-0.05, 0) is 13.0 Å². The second-order valence-corrected chi connectivity index (χ2v) is 6.44. The van der Waals surface area contributed by atoms with Crippen molar-refractivity contribution in [2.75, 3.05) is 44.8 Å². The Bertz CT molecular complexity index is 835. The standard InChI is InChI=1S/C20H25N5O4/c1-3-29-20(27)25-10-8-24(9-11-25)19-22-13-16(14-23-19)18(26)21-12-15-6-4-5-7-17(15)28-2/h4-7,13-14H,3,8-12H2,1-2H3,(H,21,26). The summed E-state index contributed by atoms with van der Waals surface area (Å²) in [6.45, 7) is 4.81. The predicted molar refractivity (Wildman–Crippen MR) is 107 cm³/mol. The number of carbonyl (C=O) groups is 2. The molecule has 1 aliphatic rings. The quantitative estimate of drug-likeness (QED) is 0.789. The molecule has 0 unspecified atom stereocenters. The number of rotatable bonds is 6. The van der Waals surface area contributed by atoms with E-state index in [1.165, 1.54) is 12.4 Å². The Hall–Kier alpha value is -3.36. The van der Waals surface area contributed by atoms with E-state index in [4.69, 9.17) is 9.47 Å². The molecule has 0 bridgehead atoms. The first kappa shape index (κ1) is 20.4. The van der Waals surface area contributed by atoms with Crippen LogP contribution in [0.4, 0.5) is 10.7 Å². The number of piperazine rings is 1. The fourth-order valence-electron chi connectivity index (χ4n) is 3.03. The molecule has 9 heteroatoms. The maximum Gasteiger partial charge on any atom is 0.409 e. The third-order valence-corrected chi connectivity index (χ3v) is 4.62. The number of nitrogens with zero attached hydrogens (tertiary/aromatic N) is 4. The molecule has 29 heavy (non-hydrogen) atoms. The molecule has 0 atom stereocenters. The van der Waals surface area contributed by atoms with Crippen LogP contribution in [0.3, 0.4) is 0 Å². The summed E-state index contributed by atoms with van der Waals surface area (Å²) in [6.07, 6.45) is 2.73. The van der Waals surface area contributed by atoms with Gasteiger partial charge in [-0.2, -0.15) is 0 Å². The highest BCUT2D eigenvalue weighted by atomic mass is 16.6. The van der Waals surface area contributed by atoms with E-state index in [0.29, 0.717) is 50.8 Å². The van der Waals surface area contributed by atoms with Crippen LogP contribution in [0.25, 0.3) is 0 Å². The third-order valence-electron chi connectivity index (χ3n) is 4.62. The summed E-state index contributed by atoms with van der Waals surface area (Å²) in [6, 6.07) is 7.52. The largest absolute Gasteiger partial charge is 0.496 e. The Morgan fingerprint density at radius 3 is 2.45 bits per heavy atom. The van der Waals surface area contributed by atoms with Gasteiger partial charge in [-0.25, -0.2) is 14.8 Å². The van der Waals surface area contributed by atoms with Crippen molar-refractivity contribution >= 4 is 17.9 Å². The zero-order chi connectivity index (χ0) is 20.6. The molecule has 1 aromatic heterocycles. The van der Waals surface area contributed by atoms with Crippen molar-refractivity contribution in [1.29, 1.82) is 0 Å². The van der Waals surface area contributed by atoms with E-state index in [9.17, 15) is 9.59 Å². The van der Waals surface area contributed by atoms with Crippen LogP contribution in [0.15, 0.2) is 36.7 Å². The normalized spacial score (nSPS) is 13.7. The lowest BCUT2D eigenvalue weighted by Gasteiger charge is -2.33. The lowest BCUT2D eigenvalue weighted by molar-refractivity contribution is 0.0949. The molecule has 3 rings (SSSR count). The average Bonchev–Trinajstić information content (AvgIpc) is 2.78. The van der Waals surface area contributed by atoms with Gasteiger partial charge in [-0.15, -0.1) is 0 Å². The first-order chi connectivity index (χ1) is 14.1. The van der Waals surface area contributed by atoms with Crippen LogP contribution in [0.1, 0.15) is 22.8 Å². The first-order valence-electron chi connectivity index (χ1n) is 9.51. The lowest BCUT2D eigenvalue weighted by atomic mass is 10.2. The van der Waals surface area contributed by atoms with Crippen LogP contribution < -0.4 is 15.0 Å². The van der Waals surface area contributed by atoms with E-state index in [-0.39, 0.29) is 12.0 Å². The topological polar surface area (TPSA) is 96.9 Å². The Morgan fingerprint density at radius 1 is 1.10 bits per heavy atom. The Labute approximate surface area is 169 Å². The molecular formula is C20H25N5O4. The predicted octanol–water partition coefficient (Wildman–Crippen LogP) is 1.69. The van der Waals surface area contributed by atoms with E-state index in [1.54, 1.807) is 18.9 Å². The number of methoxy groups -OCH3 is 1. The summed E-state index contributed by atoms with van der Waals surface area (Å²) in [5.74, 6) is 1.01. The number of para-hydroxylation sites is 1. The van der Waals surface area contributed by atoms with Gasteiger partial charge in [-0.1, -0.05) is 18.2 Å².